The first kappa shape index (κ1) is 19.9. The van der Waals surface area contributed by atoms with Gasteiger partial charge in [0.15, 0.2) is 0 Å². The van der Waals surface area contributed by atoms with Gasteiger partial charge in [0.2, 0.25) is 11.1 Å². The summed E-state index contributed by atoms with van der Waals surface area (Å²) in [5.41, 5.74) is 0.984. The van der Waals surface area contributed by atoms with Crippen molar-refractivity contribution in [3.8, 4) is 5.69 Å². The first-order valence-electron chi connectivity index (χ1n) is 8.25. The average Bonchev–Trinajstić information content (AvgIpc) is 3.09. The van der Waals surface area contributed by atoms with Crippen LogP contribution in [0.3, 0.4) is 0 Å². The summed E-state index contributed by atoms with van der Waals surface area (Å²) in [5, 5.41) is 13.8. The van der Waals surface area contributed by atoms with Crippen LogP contribution >= 0.6 is 11.8 Å². The summed E-state index contributed by atoms with van der Waals surface area (Å²) < 4.78 is 40.0. The highest BCUT2D eigenvalue weighted by Crippen LogP contribution is 2.31. The van der Waals surface area contributed by atoms with E-state index in [1.165, 1.54) is 16.8 Å². The Kier molecular flexibility index (Phi) is 5.68. The van der Waals surface area contributed by atoms with Gasteiger partial charge in [-0.2, -0.15) is 17.9 Å². The number of anilines is 1. The van der Waals surface area contributed by atoms with Gasteiger partial charge in [-0.3, -0.25) is 4.79 Å². The van der Waals surface area contributed by atoms with Crippen molar-refractivity contribution in [1.82, 2.24) is 20.2 Å². The molecule has 0 bridgehead atoms. The Bertz CT molecular complexity index is 989. The number of tetrazole rings is 1. The Balaban J connectivity index is 1.73. The molecule has 0 aliphatic heterocycles. The van der Waals surface area contributed by atoms with Gasteiger partial charge in [-0.25, -0.2) is 0 Å². The van der Waals surface area contributed by atoms with Crippen molar-refractivity contribution in [1.29, 1.82) is 0 Å². The number of thioether (sulfide) groups is 1. The summed E-state index contributed by atoms with van der Waals surface area (Å²) >= 11 is 1.11. The molecule has 3 aromatic rings. The summed E-state index contributed by atoms with van der Waals surface area (Å²) in [6.07, 6.45) is -4.48. The second-order valence-corrected chi connectivity index (χ2v) is 7.30. The van der Waals surface area contributed by atoms with E-state index in [1.54, 1.807) is 6.92 Å². The van der Waals surface area contributed by atoms with E-state index in [2.05, 4.69) is 20.8 Å². The molecular weight excluding hydrogens is 391 g/mol. The van der Waals surface area contributed by atoms with Crippen LogP contribution in [0.4, 0.5) is 18.9 Å². The summed E-state index contributed by atoms with van der Waals surface area (Å²) in [4.78, 5) is 12.4. The molecule has 146 valence electrons. The minimum Gasteiger partial charge on any atom is -0.325 e. The van der Waals surface area contributed by atoms with Crippen LogP contribution in [0.25, 0.3) is 5.69 Å². The quantitative estimate of drug-likeness (QED) is 0.645. The molecule has 1 heterocycles. The maximum absolute atomic E-state index is 12.8. The molecule has 3 rings (SSSR count). The molecule has 1 atom stereocenters. The summed E-state index contributed by atoms with van der Waals surface area (Å²) in [6, 6.07) is 12.0. The smallest absolute Gasteiger partial charge is 0.325 e. The molecule has 0 radical (unpaired) electrons. The normalized spacial score (nSPS) is 12.6. The van der Waals surface area contributed by atoms with Gasteiger partial charge in [0.1, 0.15) is 0 Å². The maximum Gasteiger partial charge on any atom is 0.416 e. The zero-order chi connectivity index (χ0) is 20.3. The minimum absolute atomic E-state index is 0.0748. The largest absolute Gasteiger partial charge is 0.416 e. The Morgan fingerprint density at radius 2 is 1.93 bits per heavy atom. The third kappa shape index (κ3) is 4.50. The number of aromatic nitrogens is 4. The van der Waals surface area contributed by atoms with E-state index >= 15 is 0 Å². The molecule has 2 aromatic carbocycles. The van der Waals surface area contributed by atoms with Crippen LogP contribution in [0.1, 0.15) is 18.1 Å². The van der Waals surface area contributed by atoms with Crippen molar-refractivity contribution in [2.45, 2.75) is 30.4 Å². The van der Waals surface area contributed by atoms with Gasteiger partial charge in [-0.05, 0) is 54.1 Å². The predicted octanol–water partition coefficient (Wildman–Crippen LogP) is 4.11. The Labute approximate surface area is 163 Å². The van der Waals surface area contributed by atoms with Gasteiger partial charge < -0.3 is 5.32 Å². The molecule has 0 saturated carbocycles. The van der Waals surface area contributed by atoms with Crippen molar-refractivity contribution < 1.29 is 18.0 Å². The van der Waals surface area contributed by atoms with Crippen LogP contribution in [0.2, 0.25) is 0 Å². The van der Waals surface area contributed by atoms with Gasteiger partial charge in [0.05, 0.1) is 16.5 Å². The minimum atomic E-state index is -4.48. The average molecular weight is 407 g/mol. The first-order valence-corrected chi connectivity index (χ1v) is 9.13. The second-order valence-electron chi connectivity index (χ2n) is 5.99. The van der Waals surface area contributed by atoms with Crippen LogP contribution in [0.5, 0.6) is 0 Å². The lowest BCUT2D eigenvalue weighted by molar-refractivity contribution is -0.137. The number of benzene rings is 2. The molecule has 0 saturated heterocycles. The fourth-order valence-corrected chi connectivity index (χ4v) is 3.23. The van der Waals surface area contributed by atoms with Gasteiger partial charge in [0.25, 0.3) is 0 Å². The topological polar surface area (TPSA) is 72.7 Å². The monoisotopic (exact) mass is 407 g/mol. The maximum atomic E-state index is 12.8. The fourth-order valence-electron chi connectivity index (χ4n) is 2.43. The van der Waals surface area contributed by atoms with Crippen molar-refractivity contribution in [2.75, 3.05) is 5.32 Å². The molecule has 0 aliphatic carbocycles. The molecule has 0 aliphatic rings. The van der Waals surface area contributed by atoms with Crippen LogP contribution < -0.4 is 5.32 Å². The lowest BCUT2D eigenvalue weighted by atomic mass is 10.2. The highest BCUT2D eigenvalue weighted by atomic mass is 32.2. The molecule has 1 aromatic heterocycles. The molecule has 0 fully saturated rings. The molecule has 1 amide bonds. The number of halogens is 3. The zero-order valence-electron chi connectivity index (χ0n) is 14.9. The van der Waals surface area contributed by atoms with E-state index in [0.29, 0.717) is 5.16 Å². The number of nitrogens with one attached hydrogen (secondary N) is 1. The van der Waals surface area contributed by atoms with E-state index in [0.717, 1.165) is 35.1 Å². The van der Waals surface area contributed by atoms with E-state index in [4.69, 9.17) is 0 Å². The number of carbonyl (C=O) groups excluding carboxylic acids is 1. The van der Waals surface area contributed by atoms with E-state index in [1.807, 2.05) is 31.2 Å². The molecular formula is C18H16F3N5OS. The van der Waals surface area contributed by atoms with Gasteiger partial charge in [-0.1, -0.05) is 36.0 Å². The van der Waals surface area contributed by atoms with Gasteiger partial charge in [0, 0.05) is 5.69 Å². The standard InChI is InChI=1S/C18H16F3N5OS/c1-11-6-3-4-9-15(11)26-17(23-24-25-26)28-12(2)16(27)22-14-8-5-7-13(10-14)18(19,20)21/h3-10,12H,1-2H3,(H,22,27)/t12-/m0/s1. The lowest BCUT2D eigenvalue weighted by Gasteiger charge is -2.13. The van der Waals surface area contributed by atoms with Crippen LogP contribution in [-0.2, 0) is 11.0 Å². The molecule has 6 nitrogen and oxygen atoms in total. The first-order chi connectivity index (χ1) is 13.3. The predicted molar refractivity (Wildman–Crippen MR) is 99.3 cm³/mol. The number of amides is 1. The van der Waals surface area contributed by atoms with Crippen LogP contribution in [0, 0.1) is 6.92 Å². The molecule has 1 N–H and O–H groups in total. The number of hydrogen-bond acceptors (Lipinski definition) is 5. The van der Waals surface area contributed by atoms with Crippen molar-refractivity contribution in [2.24, 2.45) is 0 Å². The SMILES string of the molecule is Cc1ccccc1-n1nnnc1S[C@@H](C)C(=O)Nc1cccc(C(F)(F)F)c1. The number of nitrogens with zero attached hydrogens (tertiary/aromatic N) is 4. The molecule has 10 heteroatoms. The Morgan fingerprint density at radius 3 is 2.64 bits per heavy atom. The molecule has 28 heavy (non-hydrogen) atoms. The summed E-state index contributed by atoms with van der Waals surface area (Å²) in [7, 11) is 0. The Hall–Kier alpha value is -2.88. The number of aryl methyl sites for hydroxylation is 1. The second kappa shape index (κ2) is 8.01. The fraction of sp³-hybridized carbons (Fsp3) is 0.222. The van der Waals surface area contributed by atoms with Crippen molar-refractivity contribution in [3.05, 3.63) is 59.7 Å². The summed E-state index contributed by atoms with van der Waals surface area (Å²) in [6.45, 7) is 3.54. The van der Waals surface area contributed by atoms with Gasteiger partial charge >= 0.3 is 6.18 Å². The van der Waals surface area contributed by atoms with E-state index in [-0.39, 0.29) is 5.69 Å². The van der Waals surface area contributed by atoms with Crippen LogP contribution in [-0.4, -0.2) is 31.4 Å². The summed E-state index contributed by atoms with van der Waals surface area (Å²) in [5.74, 6) is -0.455. The lowest BCUT2D eigenvalue weighted by Crippen LogP contribution is -2.23. The number of alkyl halides is 3. The third-order valence-electron chi connectivity index (χ3n) is 3.89. The Morgan fingerprint density at radius 1 is 1.18 bits per heavy atom. The van der Waals surface area contributed by atoms with E-state index < -0.39 is 22.9 Å². The van der Waals surface area contributed by atoms with Crippen molar-refractivity contribution >= 4 is 23.4 Å². The highest BCUT2D eigenvalue weighted by molar-refractivity contribution is 8.00. The van der Waals surface area contributed by atoms with Crippen molar-refractivity contribution in [3.63, 3.8) is 0 Å². The molecule has 0 unspecified atom stereocenters. The number of carbonyl (C=O) groups is 1. The van der Waals surface area contributed by atoms with E-state index in [9.17, 15) is 18.0 Å². The number of hydrogen-bond donors (Lipinski definition) is 1. The third-order valence-corrected chi connectivity index (χ3v) is 4.93. The number of para-hydroxylation sites is 1. The molecule has 0 spiro atoms. The van der Waals surface area contributed by atoms with Gasteiger partial charge in [-0.15, -0.1) is 5.10 Å². The van der Waals surface area contributed by atoms with Crippen LogP contribution in [0.15, 0.2) is 53.7 Å². The number of rotatable bonds is 5. The highest BCUT2D eigenvalue weighted by Gasteiger charge is 2.30. The zero-order valence-corrected chi connectivity index (χ0v) is 15.8.